The van der Waals surface area contributed by atoms with E-state index in [0.29, 0.717) is 52.9 Å². The molecule has 3 aromatic heterocycles. The highest BCUT2D eigenvalue weighted by Gasteiger charge is 2.57. The Morgan fingerprint density at radius 3 is 2.33 bits per heavy atom. The standard InChI is InChI=1S/C33H34ClF3N6O3S2/c1-23-3-2-18-43(23,48(45,46)31-9-8-29(34)47-31)32(44)39-21-25-19-28(26-4-6-27(7-5-26)33(35,36)37)40-30(20-25)42-16-14-41(15-17-42)22-24-10-12-38-13-11-24/h4-13,19-20,23H,2-3,14-18,21-22H2,1H3/p+1/t23-,43?/m1/s1. The lowest BCUT2D eigenvalue weighted by molar-refractivity contribution is -0.733. The van der Waals surface area contributed by atoms with Crippen molar-refractivity contribution < 1.29 is 30.3 Å². The number of benzene rings is 1. The summed E-state index contributed by atoms with van der Waals surface area (Å²) in [5, 5.41) is 2.88. The second kappa shape index (κ2) is 13.7. The topological polar surface area (TPSA) is 95.5 Å². The summed E-state index contributed by atoms with van der Waals surface area (Å²) in [5.74, 6) is 0.625. The van der Waals surface area contributed by atoms with Gasteiger partial charge in [-0.1, -0.05) is 23.7 Å². The maximum Gasteiger partial charge on any atom is 0.432 e. The maximum atomic E-state index is 13.9. The molecule has 0 aliphatic carbocycles. The summed E-state index contributed by atoms with van der Waals surface area (Å²) in [6.45, 7) is 5.54. The number of sulfonamides is 1. The first-order valence-electron chi connectivity index (χ1n) is 15.6. The molecule has 6 rings (SSSR count). The van der Waals surface area contributed by atoms with Crippen LogP contribution >= 0.6 is 22.9 Å². The molecule has 0 spiro atoms. The number of urea groups is 1. The fraction of sp³-hybridized carbons (Fsp3) is 0.364. The molecule has 0 radical (unpaired) electrons. The van der Waals surface area contributed by atoms with Gasteiger partial charge in [-0.25, -0.2) is 9.78 Å². The molecule has 1 N–H and O–H groups in total. The molecule has 4 aromatic rings. The Hall–Kier alpha value is -3.56. The highest BCUT2D eigenvalue weighted by Crippen LogP contribution is 2.39. The summed E-state index contributed by atoms with van der Waals surface area (Å²) in [4.78, 5) is 27.3. The Bertz CT molecular complexity index is 1870. The van der Waals surface area contributed by atoms with Crippen molar-refractivity contribution in [2.24, 2.45) is 0 Å². The van der Waals surface area contributed by atoms with E-state index in [1.165, 1.54) is 24.3 Å². The van der Waals surface area contributed by atoms with E-state index in [-0.39, 0.29) is 17.3 Å². The molecule has 2 aliphatic rings. The van der Waals surface area contributed by atoms with Crippen molar-refractivity contribution in [1.29, 1.82) is 0 Å². The zero-order chi connectivity index (χ0) is 34.1. The number of anilines is 1. The van der Waals surface area contributed by atoms with Crippen LogP contribution in [0.1, 0.15) is 36.5 Å². The van der Waals surface area contributed by atoms with E-state index >= 15 is 0 Å². The zero-order valence-electron chi connectivity index (χ0n) is 26.2. The number of quaternary nitrogens is 1. The van der Waals surface area contributed by atoms with Gasteiger partial charge < -0.3 is 10.2 Å². The molecule has 2 saturated heterocycles. The predicted molar refractivity (Wildman–Crippen MR) is 179 cm³/mol. The predicted octanol–water partition coefficient (Wildman–Crippen LogP) is 6.80. The lowest BCUT2D eigenvalue weighted by Gasteiger charge is -2.36. The minimum absolute atomic E-state index is 0.00255. The molecule has 0 saturated carbocycles. The van der Waals surface area contributed by atoms with Gasteiger partial charge in [0.1, 0.15) is 18.4 Å². The highest BCUT2D eigenvalue weighted by atomic mass is 35.5. The number of amides is 2. The van der Waals surface area contributed by atoms with E-state index in [1.54, 1.807) is 25.4 Å². The molecule has 48 heavy (non-hydrogen) atoms. The van der Waals surface area contributed by atoms with E-state index < -0.39 is 37.7 Å². The molecule has 9 nitrogen and oxygen atoms in total. The first-order valence-corrected chi connectivity index (χ1v) is 18.2. The molecule has 1 aromatic carbocycles. The SMILES string of the molecule is C[C@@H]1CCC[N+]1(C(=O)NCc1cc(-c2ccc(C(F)(F)F)cc2)nc(N2CCN(Cc3ccncc3)CC2)c1)S(=O)(=O)c1ccc(Cl)s1. The van der Waals surface area contributed by atoms with Crippen molar-refractivity contribution in [2.45, 2.75) is 49.3 Å². The first-order chi connectivity index (χ1) is 22.9. The average Bonchev–Trinajstić information content (AvgIpc) is 3.70. The van der Waals surface area contributed by atoms with Gasteiger partial charge in [-0.3, -0.25) is 9.88 Å². The lowest BCUT2D eigenvalue weighted by atomic mass is 10.1. The van der Waals surface area contributed by atoms with Crippen molar-refractivity contribution in [3.8, 4) is 11.3 Å². The van der Waals surface area contributed by atoms with Crippen LogP contribution in [-0.4, -0.2) is 72.0 Å². The van der Waals surface area contributed by atoms with Gasteiger partial charge in [0.2, 0.25) is 0 Å². The third kappa shape index (κ3) is 6.95. The van der Waals surface area contributed by atoms with E-state index in [4.69, 9.17) is 16.6 Å². The van der Waals surface area contributed by atoms with E-state index in [0.717, 1.165) is 48.7 Å². The Morgan fingerprint density at radius 2 is 1.73 bits per heavy atom. The molecule has 254 valence electrons. The number of carbonyl (C=O) groups is 1. The van der Waals surface area contributed by atoms with Crippen LogP contribution in [-0.2, 0) is 29.3 Å². The summed E-state index contributed by atoms with van der Waals surface area (Å²) in [5.41, 5.74) is 1.98. The smallest absolute Gasteiger partial charge is 0.354 e. The monoisotopic (exact) mass is 719 g/mol. The van der Waals surface area contributed by atoms with Gasteiger partial charge in [0, 0.05) is 70.1 Å². The van der Waals surface area contributed by atoms with Crippen molar-refractivity contribution in [3.05, 3.63) is 94.1 Å². The minimum atomic E-state index is -4.47. The molecule has 5 heterocycles. The zero-order valence-corrected chi connectivity index (χ0v) is 28.5. The maximum absolute atomic E-state index is 13.9. The number of likely N-dealkylation sites (tertiary alicyclic amines) is 1. The van der Waals surface area contributed by atoms with E-state index in [2.05, 4.69) is 20.1 Å². The Morgan fingerprint density at radius 1 is 1.02 bits per heavy atom. The molecular weight excluding hydrogens is 685 g/mol. The number of piperazine rings is 1. The number of thiophene rings is 1. The average molecular weight is 720 g/mol. The summed E-state index contributed by atoms with van der Waals surface area (Å²) in [6.07, 6.45) is 0.196. The van der Waals surface area contributed by atoms with Gasteiger partial charge in [-0.05, 0) is 66.6 Å². The van der Waals surface area contributed by atoms with Crippen LogP contribution in [0.15, 0.2) is 77.3 Å². The Kier molecular flexibility index (Phi) is 9.83. The third-order valence-electron chi connectivity index (χ3n) is 9.07. The number of nitrogens with zero attached hydrogens (tertiary/aromatic N) is 5. The number of hydrogen-bond donors (Lipinski definition) is 1. The Labute approximate surface area is 286 Å². The fourth-order valence-electron chi connectivity index (χ4n) is 6.42. The summed E-state index contributed by atoms with van der Waals surface area (Å²) >= 11 is 7.00. The molecule has 0 bridgehead atoms. The van der Waals surface area contributed by atoms with Gasteiger partial charge in [-0.2, -0.15) is 21.6 Å². The van der Waals surface area contributed by atoms with Gasteiger partial charge in [0.05, 0.1) is 15.6 Å². The van der Waals surface area contributed by atoms with Crippen LogP contribution in [0.2, 0.25) is 4.34 Å². The molecule has 2 fully saturated rings. The van der Waals surface area contributed by atoms with Gasteiger partial charge >= 0.3 is 22.2 Å². The lowest BCUT2D eigenvalue weighted by Crippen LogP contribution is -2.62. The van der Waals surface area contributed by atoms with Crippen molar-refractivity contribution >= 4 is 44.8 Å². The van der Waals surface area contributed by atoms with Crippen LogP contribution in [0.5, 0.6) is 0 Å². The quantitative estimate of drug-likeness (QED) is 0.200. The molecule has 2 aliphatic heterocycles. The van der Waals surface area contributed by atoms with E-state index in [1.807, 2.05) is 18.2 Å². The number of pyridine rings is 2. The van der Waals surface area contributed by atoms with Crippen molar-refractivity contribution in [2.75, 3.05) is 37.6 Å². The van der Waals surface area contributed by atoms with Crippen molar-refractivity contribution in [3.63, 3.8) is 0 Å². The number of hydrogen-bond acceptors (Lipinski definition) is 8. The van der Waals surface area contributed by atoms with Gasteiger partial charge in [0.25, 0.3) is 0 Å². The normalized spacial score (nSPS) is 20.6. The fourth-order valence-corrected chi connectivity index (χ4v) is 10.2. The molecule has 2 atom stereocenters. The van der Waals surface area contributed by atoms with Crippen LogP contribution < -0.4 is 10.2 Å². The van der Waals surface area contributed by atoms with Crippen LogP contribution in [0.25, 0.3) is 11.3 Å². The number of carbonyl (C=O) groups excluding carboxylic acids is 1. The summed E-state index contributed by atoms with van der Waals surface area (Å²) in [7, 11) is -4.11. The third-order valence-corrected chi connectivity index (χ3v) is 13.2. The van der Waals surface area contributed by atoms with Gasteiger partial charge in [0.15, 0.2) is 4.21 Å². The summed E-state index contributed by atoms with van der Waals surface area (Å²) in [6, 6.07) is 14.2. The Balaban J connectivity index is 1.26. The van der Waals surface area contributed by atoms with E-state index in [9.17, 15) is 26.4 Å². The van der Waals surface area contributed by atoms with Crippen molar-refractivity contribution in [1.82, 2.24) is 20.2 Å². The number of halogens is 4. The highest BCUT2D eigenvalue weighted by molar-refractivity contribution is 7.88. The largest absolute Gasteiger partial charge is 0.432 e. The second-order valence-corrected chi connectivity index (χ2v) is 16.1. The molecule has 2 amide bonds. The molecular formula is C33H35ClF3N6O3S2+. The number of alkyl halides is 3. The first kappa shape index (κ1) is 34.3. The number of rotatable bonds is 8. The van der Waals surface area contributed by atoms with Crippen LogP contribution in [0.3, 0.4) is 0 Å². The summed E-state index contributed by atoms with van der Waals surface area (Å²) < 4.78 is 67.4. The van der Waals surface area contributed by atoms with Crippen LogP contribution in [0.4, 0.5) is 23.8 Å². The second-order valence-electron chi connectivity index (χ2n) is 12.1. The van der Waals surface area contributed by atoms with Crippen LogP contribution in [0, 0.1) is 0 Å². The molecule has 1 unspecified atom stereocenters. The van der Waals surface area contributed by atoms with Gasteiger partial charge in [-0.15, -0.1) is 15.2 Å². The minimum Gasteiger partial charge on any atom is -0.354 e. The molecule has 15 heteroatoms. The number of aromatic nitrogens is 2. The number of nitrogens with one attached hydrogen (secondary N) is 1.